The molecule has 1 aliphatic heterocycles. The molecular formula is C40H64N4O6. The number of esters is 1. The minimum atomic E-state index is -0.649. The molecule has 10 heteroatoms. The van der Waals surface area contributed by atoms with Crippen LogP contribution < -0.4 is 5.73 Å². The van der Waals surface area contributed by atoms with Gasteiger partial charge in [0.1, 0.15) is 6.33 Å². The lowest BCUT2D eigenvalue weighted by molar-refractivity contribution is -0.252. The summed E-state index contributed by atoms with van der Waals surface area (Å²) in [5.74, 6) is -0.173. The first kappa shape index (κ1) is 37.5. The van der Waals surface area contributed by atoms with Crippen LogP contribution in [-0.4, -0.2) is 70.4 Å². The molecule has 10 nitrogen and oxygen atoms in total. The fourth-order valence-electron chi connectivity index (χ4n) is 12.2. The molecule has 12 atom stereocenters. The molecule has 2 heterocycles. The van der Waals surface area contributed by atoms with Crippen molar-refractivity contribution in [2.45, 2.75) is 125 Å². The van der Waals surface area contributed by atoms with E-state index in [1.54, 1.807) is 6.33 Å². The summed E-state index contributed by atoms with van der Waals surface area (Å²) in [5.41, 5.74) is 6.19. The second-order valence-electron chi connectivity index (χ2n) is 19.0. The number of aromatic nitrogens is 3. The first-order valence-corrected chi connectivity index (χ1v) is 19.1. The maximum atomic E-state index is 13.5. The molecule has 2 bridgehead atoms. The van der Waals surface area contributed by atoms with E-state index < -0.39 is 28.8 Å². The van der Waals surface area contributed by atoms with Crippen LogP contribution >= 0.6 is 0 Å². The molecule has 1 aromatic rings. The molecule has 1 saturated heterocycles. The van der Waals surface area contributed by atoms with E-state index in [2.05, 4.69) is 73.4 Å². The van der Waals surface area contributed by atoms with Crippen molar-refractivity contribution in [2.75, 3.05) is 26.9 Å². The zero-order chi connectivity index (χ0) is 36.8. The summed E-state index contributed by atoms with van der Waals surface area (Å²) in [5, 5.41) is 15.8. The minimum Gasteiger partial charge on any atom is -0.481 e. The molecule has 0 aromatic carbocycles. The number of fused-ring (bicyclic) bond motifs is 3. The lowest BCUT2D eigenvalue weighted by Crippen LogP contribution is -2.69. The van der Waals surface area contributed by atoms with Gasteiger partial charge < -0.3 is 25.1 Å². The number of ether oxygens (including phenoxy) is 3. The maximum absolute atomic E-state index is 13.5. The van der Waals surface area contributed by atoms with E-state index in [1.807, 2.05) is 11.6 Å². The van der Waals surface area contributed by atoms with Gasteiger partial charge in [-0.15, -0.1) is 5.10 Å². The number of nitrogens with two attached hydrogens (primary N) is 1. The molecule has 4 aliphatic carbocycles. The van der Waals surface area contributed by atoms with Crippen LogP contribution in [0.2, 0.25) is 0 Å². The van der Waals surface area contributed by atoms with Crippen molar-refractivity contribution < 1.29 is 28.9 Å². The van der Waals surface area contributed by atoms with Gasteiger partial charge in [-0.3, -0.25) is 4.79 Å². The van der Waals surface area contributed by atoms with Crippen LogP contribution in [0.25, 0.3) is 0 Å². The van der Waals surface area contributed by atoms with Crippen LogP contribution in [0.4, 0.5) is 0 Å². The molecule has 3 N–H and O–H groups in total. The molecule has 0 radical (unpaired) electrons. The molecule has 0 spiro atoms. The topological polar surface area (TPSA) is 139 Å². The van der Waals surface area contributed by atoms with Crippen LogP contribution in [0.3, 0.4) is 0 Å². The Morgan fingerprint density at radius 2 is 1.80 bits per heavy atom. The van der Waals surface area contributed by atoms with Gasteiger partial charge in [0, 0.05) is 16.4 Å². The summed E-state index contributed by atoms with van der Waals surface area (Å²) in [6, 6.07) is -0.219. The summed E-state index contributed by atoms with van der Waals surface area (Å²) < 4.78 is 20.5. The number of aliphatic carboxylic acids is 1. The molecular weight excluding hydrogens is 632 g/mol. The number of carbonyl (C=O) groups excluding carboxylic acids is 1. The molecule has 6 rings (SSSR count). The SMILES string of the molecule is COC(=O)c1ncn([C@@H]2CC34COC[C@@](C)([C@@H]3CC[C@H]3C4=CC[C@@]4(C)[C@H](C(=O)O)[C@@](C)([C@H](C)C(C)C)CC[C@]34C)[C@H]2OC[C@@](C)(N)C(C)C)n1. The minimum absolute atomic E-state index is 0.0329. The predicted molar refractivity (Wildman–Crippen MR) is 191 cm³/mol. The Labute approximate surface area is 299 Å². The summed E-state index contributed by atoms with van der Waals surface area (Å²) in [7, 11) is 1.34. The van der Waals surface area contributed by atoms with Crippen molar-refractivity contribution in [3.05, 3.63) is 23.8 Å². The van der Waals surface area contributed by atoms with Crippen molar-refractivity contribution in [3.63, 3.8) is 0 Å². The molecule has 5 aliphatic rings. The lowest BCUT2D eigenvalue weighted by Gasteiger charge is -2.71. The van der Waals surface area contributed by atoms with Gasteiger partial charge in [0.25, 0.3) is 5.82 Å². The Morgan fingerprint density at radius 3 is 2.42 bits per heavy atom. The lowest BCUT2D eigenvalue weighted by atomic mass is 9.34. The largest absolute Gasteiger partial charge is 0.481 e. The van der Waals surface area contributed by atoms with E-state index in [0.717, 1.165) is 38.5 Å². The van der Waals surface area contributed by atoms with Gasteiger partial charge in [-0.05, 0) is 91.3 Å². The van der Waals surface area contributed by atoms with Crippen LogP contribution in [0, 0.1) is 62.6 Å². The Morgan fingerprint density at radius 1 is 1.10 bits per heavy atom. The average Bonchev–Trinajstić information content (AvgIpc) is 3.54. The Bertz CT molecular complexity index is 1520. The van der Waals surface area contributed by atoms with Gasteiger partial charge in [0.2, 0.25) is 0 Å². The number of carbonyl (C=O) groups is 2. The van der Waals surface area contributed by atoms with Crippen molar-refractivity contribution in [1.29, 1.82) is 0 Å². The highest BCUT2D eigenvalue weighted by Crippen LogP contribution is 2.75. The monoisotopic (exact) mass is 696 g/mol. The number of nitrogens with zero attached hydrogens (tertiary/aromatic N) is 3. The normalized spacial score (nSPS) is 42.8. The summed E-state index contributed by atoms with van der Waals surface area (Å²) in [4.78, 5) is 30.4. The van der Waals surface area contributed by atoms with Crippen molar-refractivity contribution in [2.24, 2.45) is 68.3 Å². The van der Waals surface area contributed by atoms with E-state index in [4.69, 9.17) is 25.0 Å². The number of hydrogen-bond donors (Lipinski definition) is 2. The van der Waals surface area contributed by atoms with Gasteiger partial charge in [0.05, 0.1) is 45.0 Å². The Hall–Kier alpha value is -2.30. The summed E-state index contributed by atoms with van der Waals surface area (Å²) in [6.07, 6.45) is 9.26. The van der Waals surface area contributed by atoms with Crippen molar-refractivity contribution >= 4 is 11.9 Å². The van der Waals surface area contributed by atoms with E-state index in [-0.39, 0.29) is 57.4 Å². The number of allylic oxidation sites excluding steroid dienone is 1. The third-order valence-corrected chi connectivity index (χ3v) is 16.2. The fraction of sp³-hybridized carbons (Fsp3) is 0.850. The first-order valence-electron chi connectivity index (χ1n) is 19.1. The van der Waals surface area contributed by atoms with Crippen LogP contribution in [-0.2, 0) is 19.0 Å². The Balaban J connectivity index is 1.46. The third kappa shape index (κ3) is 5.19. The van der Waals surface area contributed by atoms with Gasteiger partial charge in [-0.2, -0.15) is 0 Å². The van der Waals surface area contributed by atoms with Crippen molar-refractivity contribution in [3.8, 4) is 0 Å². The highest BCUT2D eigenvalue weighted by atomic mass is 16.5. The maximum Gasteiger partial charge on any atom is 0.377 e. The van der Waals surface area contributed by atoms with E-state index in [9.17, 15) is 14.7 Å². The Kier molecular flexibility index (Phi) is 9.29. The number of rotatable bonds is 9. The molecule has 50 heavy (non-hydrogen) atoms. The van der Waals surface area contributed by atoms with Crippen LogP contribution in [0.5, 0.6) is 0 Å². The zero-order valence-corrected chi connectivity index (χ0v) is 32.5. The zero-order valence-electron chi connectivity index (χ0n) is 32.5. The highest BCUT2D eigenvalue weighted by molar-refractivity contribution is 5.84. The second-order valence-corrected chi connectivity index (χ2v) is 19.0. The predicted octanol–water partition coefficient (Wildman–Crippen LogP) is 6.95. The smallest absolute Gasteiger partial charge is 0.377 e. The third-order valence-electron chi connectivity index (χ3n) is 16.2. The standard InChI is InChI=1S/C40H64N4O6/c1-23(2)25(5)35(6)16-17-37(8)26-12-13-29-36(7)19-49-21-40(29,27(26)14-15-38(37,9)30(35)33(45)46)18-28(31(36)50-20-39(10,41)24(3)4)44-22-42-32(43-44)34(47)48-11/h14,22-26,28-31H,12-13,15-21,41H2,1-11H3,(H,45,46)/t25-,26+,28-,29+,30-,31+,35-,36+,37-,38+,39-,40?/m1/s1. The molecule has 3 saturated carbocycles. The quantitative estimate of drug-likeness (QED) is 0.207. The van der Waals surface area contributed by atoms with Crippen molar-refractivity contribution in [1.82, 2.24) is 14.8 Å². The molecule has 0 amide bonds. The van der Waals surface area contributed by atoms with Gasteiger partial charge in [-0.25, -0.2) is 14.5 Å². The van der Waals surface area contributed by atoms with Gasteiger partial charge in [0.15, 0.2) is 0 Å². The van der Waals surface area contributed by atoms with Crippen LogP contribution in [0.15, 0.2) is 18.0 Å². The second kappa shape index (κ2) is 12.4. The summed E-state index contributed by atoms with van der Waals surface area (Å²) >= 11 is 0. The molecule has 280 valence electrons. The van der Waals surface area contributed by atoms with E-state index in [0.29, 0.717) is 31.7 Å². The molecule has 1 unspecified atom stereocenters. The van der Waals surface area contributed by atoms with E-state index >= 15 is 0 Å². The fourth-order valence-corrected chi connectivity index (χ4v) is 12.2. The number of methoxy groups -OCH3 is 1. The van der Waals surface area contributed by atoms with Crippen LogP contribution in [0.1, 0.15) is 124 Å². The number of carboxylic acid groups (broad SMARTS) is 1. The summed E-state index contributed by atoms with van der Waals surface area (Å²) in [6.45, 7) is 23.9. The first-order chi connectivity index (χ1) is 23.2. The highest BCUT2D eigenvalue weighted by Gasteiger charge is 2.72. The number of carboxylic acids is 1. The molecule has 4 fully saturated rings. The van der Waals surface area contributed by atoms with Gasteiger partial charge >= 0.3 is 11.9 Å². The average molecular weight is 697 g/mol. The number of hydrogen-bond acceptors (Lipinski definition) is 8. The van der Waals surface area contributed by atoms with Gasteiger partial charge in [-0.1, -0.05) is 74.0 Å². The molecule has 1 aromatic heterocycles. The van der Waals surface area contributed by atoms with E-state index in [1.165, 1.54) is 12.7 Å².